The van der Waals surface area contributed by atoms with Crippen LogP contribution in [0.15, 0.2) is 60.0 Å². The van der Waals surface area contributed by atoms with Crippen LogP contribution in [0.3, 0.4) is 0 Å². The number of nitrogens with zero attached hydrogens (tertiary/aromatic N) is 7. The van der Waals surface area contributed by atoms with Crippen molar-refractivity contribution in [3.63, 3.8) is 0 Å². The smallest absolute Gasteiger partial charge is 0.384 e. The molecular weight excluding hydrogens is 637 g/mol. The van der Waals surface area contributed by atoms with Gasteiger partial charge in [-0.05, 0) is 86.3 Å². The molecule has 3 aliphatic rings. The zero-order valence-corrected chi connectivity index (χ0v) is 27.3. The van der Waals surface area contributed by atoms with Gasteiger partial charge in [0.25, 0.3) is 5.56 Å². The van der Waals surface area contributed by atoms with Gasteiger partial charge in [0.2, 0.25) is 5.95 Å². The Morgan fingerprint density at radius 3 is 2.37 bits per heavy atom. The van der Waals surface area contributed by atoms with E-state index in [1.807, 2.05) is 43.3 Å². The molecule has 258 valence electrons. The maximum absolute atomic E-state index is 13.4. The number of fused-ring (bicyclic) bond motifs is 2. The van der Waals surface area contributed by atoms with Gasteiger partial charge in [-0.2, -0.15) is 18.2 Å². The van der Waals surface area contributed by atoms with Crippen LogP contribution in [0.1, 0.15) is 56.7 Å². The molecule has 3 aromatic heterocycles. The first kappa shape index (κ1) is 32.8. The second kappa shape index (κ2) is 12.3. The van der Waals surface area contributed by atoms with Crippen LogP contribution in [0.25, 0.3) is 16.9 Å². The zero-order valence-electron chi connectivity index (χ0n) is 27.3. The highest BCUT2D eigenvalue weighted by molar-refractivity contribution is 5.82. The number of likely N-dealkylation sites (tertiary alicyclic amines) is 1. The molecule has 49 heavy (non-hydrogen) atoms. The van der Waals surface area contributed by atoms with Crippen LogP contribution < -0.4 is 15.8 Å². The van der Waals surface area contributed by atoms with E-state index in [0.717, 1.165) is 54.2 Å². The van der Waals surface area contributed by atoms with Crippen molar-refractivity contribution in [3.05, 3.63) is 76.9 Å². The van der Waals surface area contributed by atoms with Gasteiger partial charge in [0, 0.05) is 43.8 Å². The highest BCUT2D eigenvalue weighted by Crippen LogP contribution is 2.43. The van der Waals surface area contributed by atoms with Crippen LogP contribution in [0.2, 0.25) is 0 Å². The minimum Gasteiger partial charge on any atom is -0.384 e. The summed E-state index contributed by atoms with van der Waals surface area (Å²) >= 11 is 0. The lowest BCUT2D eigenvalue weighted by molar-refractivity contribution is -0.187. The number of anilines is 3. The first-order chi connectivity index (χ1) is 23.4. The number of halogens is 3. The van der Waals surface area contributed by atoms with Crippen LogP contribution in [0.4, 0.5) is 30.5 Å². The van der Waals surface area contributed by atoms with Crippen molar-refractivity contribution in [2.75, 3.05) is 36.4 Å². The number of amides is 1. The van der Waals surface area contributed by atoms with Gasteiger partial charge < -0.3 is 20.2 Å². The first-order valence-corrected chi connectivity index (χ1v) is 16.7. The first-order valence-electron chi connectivity index (χ1n) is 16.7. The number of alkyl halides is 3. The Morgan fingerprint density at radius 2 is 1.71 bits per heavy atom. The van der Waals surface area contributed by atoms with E-state index in [1.165, 1.54) is 10.9 Å². The number of aromatic nitrogens is 5. The van der Waals surface area contributed by atoms with E-state index in [-0.39, 0.29) is 30.6 Å². The van der Waals surface area contributed by atoms with Crippen LogP contribution in [0, 0.1) is 5.41 Å². The third-order valence-electron chi connectivity index (χ3n) is 10.7. The number of nitrogens with one attached hydrogen (secondary N) is 1. The lowest BCUT2D eigenvalue weighted by atomic mass is 9.71. The fourth-order valence-electron chi connectivity index (χ4n) is 7.60. The highest BCUT2D eigenvalue weighted by atomic mass is 19.4. The maximum Gasteiger partial charge on any atom is 0.471 e. The van der Waals surface area contributed by atoms with Gasteiger partial charge in [-0.25, -0.2) is 19.3 Å². The standard InChI is InChI=1S/C35H39F3N8O3/c1-3-17-45-30(47)26-22-39-32(42-29(26)46(45)27-10-5-23-11-12-34(49,4-2)28(23)41-27)40-24-6-8-25(9-7-24)43-18-13-33(14-19-43)15-20-44(21-16-33)31(48)35(36,37)38/h3,5-10,22,49H,1,4,11-21H2,2H3,(H,39,40,42)/t34-/m1/s1. The third kappa shape index (κ3) is 5.96. The normalized spacial score (nSPS) is 20.5. The Balaban J connectivity index is 1.07. The summed E-state index contributed by atoms with van der Waals surface area (Å²) in [6.45, 7) is 7.84. The number of rotatable bonds is 7. The van der Waals surface area contributed by atoms with Gasteiger partial charge in [0.15, 0.2) is 11.5 Å². The van der Waals surface area contributed by atoms with Crippen molar-refractivity contribution in [3.8, 4) is 5.82 Å². The fraction of sp³-hybridized carbons (Fsp3) is 0.457. The Bertz CT molecular complexity index is 1950. The minimum atomic E-state index is -4.82. The Hall–Kier alpha value is -4.72. The van der Waals surface area contributed by atoms with Crippen LogP contribution in [-0.4, -0.2) is 72.6 Å². The number of aryl methyl sites for hydroxylation is 1. The third-order valence-corrected chi connectivity index (χ3v) is 10.7. The van der Waals surface area contributed by atoms with Crippen molar-refractivity contribution in [1.82, 2.24) is 29.2 Å². The summed E-state index contributed by atoms with van der Waals surface area (Å²) in [5, 5.41) is 14.8. The van der Waals surface area contributed by atoms with E-state index in [9.17, 15) is 27.9 Å². The molecule has 1 spiro atoms. The maximum atomic E-state index is 13.4. The molecule has 1 aromatic carbocycles. The predicted molar refractivity (Wildman–Crippen MR) is 179 cm³/mol. The molecule has 11 nitrogen and oxygen atoms in total. The number of hydrogen-bond donors (Lipinski definition) is 2. The molecule has 4 aromatic rings. The van der Waals surface area contributed by atoms with Crippen molar-refractivity contribution >= 4 is 34.3 Å². The molecule has 1 atom stereocenters. The molecule has 0 saturated carbocycles. The summed E-state index contributed by atoms with van der Waals surface area (Å²) in [5.74, 6) is -0.966. The van der Waals surface area contributed by atoms with Crippen molar-refractivity contribution in [2.45, 2.75) is 70.2 Å². The fourth-order valence-corrected chi connectivity index (χ4v) is 7.60. The Morgan fingerprint density at radius 1 is 1.02 bits per heavy atom. The summed E-state index contributed by atoms with van der Waals surface area (Å²) in [6, 6.07) is 11.7. The molecular formula is C35H39F3N8O3. The van der Waals surface area contributed by atoms with Crippen molar-refractivity contribution in [2.24, 2.45) is 5.41 Å². The van der Waals surface area contributed by atoms with E-state index in [2.05, 4.69) is 21.8 Å². The summed E-state index contributed by atoms with van der Waals surface area (Å²) in [5.41, 5.74) is 2.47. The largest absolute Gasteiger partial charge is 0.471 e. The average molecular weight is 677 g/mol. The molecule has 0 bridgehead atoms. The van der Waals surface area contributed by atoms with Gasteiger partial charge in [0.05, 0.1) is 12.2 Å². The molecule has 0 radical (unpaired) electrons. The molecule has 5 heterocycles. The topological polar surface area (TPSA) is 121 Å². The van der Waals surface area contributed by atoms with Crippen LogP contribution >= 0.6 is 0 Å². The van der Waals surface area contributed by atoms with E-state index in [1.54, 1.807) is 10.8 Å². The molecule has 14 heteroatoms. The number of aliphatic hydroxyl groups is 1. The number of hydrogen-bond acceptors (Lipinski definition) is 8. The summed E-state index contributed by atoms with van der Waals surface area (Å²) in [4.78, 5) is 42.3. The van der Waals surface area contributed by atoms with Gasteiger partial charge >= 0.3 is 12.1 Å². The van der Waals surface area contributed by atoms with Crippen LogP contribution in [0.5, 0.6) is 0 Å². The Kier molecular flexibility index (Phi) is 8.24. The number of pyridine rings is 1. The SMILES string of the molecule is C=CCn1c(=O)c2cnc(Nc3ccc(N4CCC5(CCN(C(=O)C(F)(F)F)CC5)CC4)cc3)nc2n1-c1ccc2c(n1)[C@@](O)(CC)CC2. The van der Waals surface area contributed by atoms with E-state index < -0.39 is 17.7 Å². The lowest BCUT2D eigenvalue weighted by Crippen LogP contribution is -2.51. The number of allylic oxidation sites excluding steroid dienone is 1. The predicted octanol–water partition coefficient (Wildman–Crippen LogP) is 5.22. The monoisotopic (exact) mass is 676 g/mol. The van der Waals surface area contributed by atoms with Gasteiger partial charge in [-0.15, -0.1) is 6.58 Å². The summed E-state index contributed by atoms with van der Waals surface area (Å²) in [7, 11) is 0. The van der Waals surface area contributed by atoms with E-state index >= 15 is 0 Å². The van der Waals surface area contributed by atoms with Crippen molar-refractivity contribution in [1.29, 1.82) is 0 Å². The molecule has 1 amide bonds. The molecule has 2 saturated heterocycles. The van der Waals surface area contributed by atoms with Gasteiger partial charge in [0.1, 0.15) is 11.0 Å². The van der Waals surface area contributed by atoms with Crippen molar-refractivity contribution < 1.29 is 23.1 Å². The van der Waals surface area contributed by atoms with Gasteiger partial charge in [-0.1, -0.05) is 19.1 Å². The number of carbonyl (C=O) groups is 1. The van der Waals surface area contributed by atoms with Crippen LogP contribution in [-0.2, 0) is 23.4 Å². The molecule has 2 aliphatic heterocycles. The molecule has 0 unspecified atom stereocenters. The highest BCUT2D eigenvalue weighted by Gasteiger charge is 2.46. The molecule has 1 aliphatic carbocycles. The average Bonchev–Trinajstić information content (AvgIpc) is 3.58. The zero-order chi connectivity index (χ0) is 34.6. The second-order valence-electron chi connectivity index (χ2n) is 13.4. The molecule has 7 rings (SSSR count). The second-order valence-corrected chi connectivity index (χ2v) is 13.4. The number of benzene rings is 1. The minimum absolute atomic E-state index is 0.0334. The molecule has 2 N–H and O–H groups in total. The lowest BCUT2D eigenvalue weighted by Gasteiger charge is -2.47. The van der Waals surface area contributed by atoms with Gasteiger partial charge in [-0.3, -0.25) is 9.59 Å². The Labute approximate surface area is 281 Å². The molecule has 2 fully saturated rings. The van der Waals surface area contributed by atoms with E-state index in [0.29, 0.717) is 54.2 Å². The number of piperidine rings is 2. The summed E-state index contributed by atoms with van der Waals surface area (Å²) < 4.78 is 41.8. The number of carbonyl (C=O) groups excluding carboxylic acids is 1. The summed E-state index contributed by atoms with van der Waals surface area (Å²) in [6.07, 6.45) is 3.08. The quantitative estimate of drug-likeness (QED) is 0.256. The van der Waals surface area contributed by atoms with E-state index in [4.69, 9.17) is 9.97 Å².